The monoisotopic (exact) mass is 487 g/mol. The highest BCUT2D eigenvalue weighted by molar-refractivity contribution is 6.15. The van der Waals surface area contributed by atoms with Gasteiger partial charge in [-0.25, -0.2) is 4.79 Å². The van der Waals surface area contributed by atoms with Crippen molar-refractivity contribution in [1.29, 1.82) is 0 Å². The standard InChI is InChI=1S/C29H29NO6/c1-6-30(7-2)21-10-8-19(9-11-21)13-26-28(31)27-18(3)12-24(17-25(27)36-26)35-29(32)20-14-22(33-4)16-23(15-20)34-5/h8-17H,6-7H2,1-5H3/b26-13-. The number of aryl methyl sites for hydroxylation is 1. The van der Waals surface area contributed by atoms with Gasteiger partial charge in [-0.1, -0.05) is 12.1 Å². The summed E-state index contributed by atoms with van der Waals surface area (Å²) < 4.78 is 21.9. The normalized spacial score (nSPS) is 13.2. The molecule has 7 nitrogen and oxygen atoms in total. The molecule has 1 aliphatic rings. The Morgan fingerprint density at radius 1 is 0.917 bits per heavy atom. The van der Waals surface area contributed by atoms with Crippen LogP contribution in [-0.2, 0) is 0 Å². The summed E-state index contributed by atoms with van der Waals surface area (Å²) in [6, 6.07) is 16.0. The van der Waals surface area contributed by atoms with Crippen LogP contribution >= 0.6 is 0 Å². The van der Waals surface area contributed by atoms with Crippen molar-refractivity contribution < 1.29 is 28.5 Å². The van der Waals surface area contributed by atoms with Crippen LogP contribution in [0.3, 0.4) is 0 Å². The number of ether oxygens (including phenoxy) is 4. The number of anilines is 1. The van der Waals surface area contributed by atoms with Gasteiger partial charge in [0, 0.05) is 30.9 Å². The van der Waals surface area contributed by atoms with Gasteiger partial charge in [0.1, 0.15) is 23.0 Å². The van der Waals surface area contributed by atoms with E-state index in [1.807, 2.05) is 24.3 Å². The molecular weight excluding hydrogens is 458 g/mol. The summed E-state index contributed by atoms with van der Waals surface area (Å²) in [7, 11) is 3.01. The van der Waals surface area contributed by atoms with Crippen LogP contribution in [0.1, 0.15) is 45.7 Å². The van der Waals surface area contributed by atoms with Gasteiger partial charge < -0.3 is 23.8 Å². The predicted molar refractivity (Wildman–Crippen MR) is 139 cm³/mol. The SMILES string of the molecule is CCN(CC)c1ccc(/C=C2\Oc3cc(OC(=O)c4cc(OC)cc(OC)c4)cc(C)c3C2=O)cc1. The second kappa shape index (κ2) is 10.6. The van der Waals surface area contributed by atoms with Crippen molar-refractivity contribution >= 4 is 23.5 Å². The maximum atomic E-state index is 13.0. The number of fused-ring (bicyclic) bond motifs is 1. The maximum Gasteiger partial charge on any atom is 0.343 e. The minimum Gasteiger partial charge on any atom is -0.497 e. The van der Waals surface area contributed by atoms with E-state index in [9.17, 15) is 9.59 Å². The first-order valence-corrected chi connectivity index (χ1v) is 11.8. The molecule has 0 N–H and O–H groups in total. The zero-order chi connectivity index (χ0) is 25.8. The van der Waals surface area contributed by atoms with Gasteiger partial charge in [0.2, 0.25) is 5.78 Å². The number of Topliss-reactive ketones (excluding diaryl/α,β-unsaturated/α-hetero) is 1. The van der Waals surface area contributed by atoms with E-state index in [1.165, 1.54) is 14.2 Å². The van der Waals surface area contributed by atoms with E-state index in [1.54, 1.807) is 43.3 Å². The second-order valence-electron chi connectivity index (χ2n) is 8.31. The number of ketones is 1. The minimum atomic E-state index is -0.583. The lowest BCUT2D eigenvalue weighted by Crippen LogP contribution is -2.21. The summed E-state index contributed by atoms with van der Waals surface area (Å²) in [6.45, 7) is 7.86. The molecular formula is C29H29NO6. The smallest absolute Gasteiger partial charge is 0.343 e. The summed E-state index contributed by atoms with van der Waals surface area (Å²) in [5.74, 6) is 1.02. The molecule has 0 bridgehead atoms. The van der Waals surface area contributed by atoms with Crippen LogP contribution in [-0.4, -0.2) is 39.1 Å². The first-order chi connectivity index (χ1) is 17.4. The summed E-state index contributed by atoms with van der Waals surface area (Å²) in [6.07, 6.45) is 1.72. The van der Waals surface area contributed by atoms with E-state index >= 15 is 0 Å². The van der Waals surface area contributed by atoms with E-state index in [-0.39, 0.29) is 22.9 Å². The van der Waals surface area contributed by atoms with Gasteiger partial charge in [-0.3, -0.25) is 4.79 Å². The fourth-order valence-corrected chi connectivity index (χ4v) is 4.15. The molecule has 0 aromatic heterocycles. The molecule has 4 rings (SSSR count). The van der Waals surface area contributed by atoms with E-state index in [0.717, 1.165) is 24.3 Å². The molecule has 1 aliphatic heterocycles. The Balaban J connectivity index is 1.55. The molecule has 186 valence electrons. The molecule has 1 heterocycles. The van der Waals surface area contributed by atoms with Crippen molar-refractivity contribution in [3.63, 3.8) is 0 Å². The Labute approximate surface area is 210 Å². The fourth-order valence-electron chi connectivity index (χ4n) is 4.15. The number of hydrogen-bond acceptors (Lipinski definition) is 7. The van der Waals surface area contributed by atoms with E-state index in [4.69, 9.17) is 18.9 Å². The molecule has 36 heavy (non-hydrogen) atoms. The predicted octanol–water partition coefficient (Wildman–Crippen LogP) is 5.69. The number of allylic oxidation sites excluding steroid dienone is 1. The Hall–Kier alpha value is -4.26. The quantitative estimate of drug-likeness (QED) is 0.229. The number of esters is 1. The van der Waals surface area contributed by atoms with E-state index in [0.29, 0.717) is 28.4 Å². The molecule has 0 saturated carbocycles. The summed E-state index contributed by atoms with van der Waals surface area (Å²) in [4.78, 5) is 28.1. The van der Waals surface area contributed by atoms with Gasteiger partial charge in [-0.05, 0) is 68.3 Å². The van der Waals surface area contributed by atoms with Crippen molar-refractivity contribution in [3.8, 4) is 23.0 Å². The van der Waals surface area contributed by atoms with Crippen molar-refractivity contribution in [3.05, 3.63) is 82.6 Å². The average Bonchev–Trinajstić information content (AvgIpc) is 3.20. The van der Waals surface area contributed by atoms with Gasteiger partial charge in [0.25, 0.3) is 0 Å². The van der Waals surface area contributed by atoms with Crippen LogP contribution in [0.25, 0.3) is 6.08 Å². The number of methoxy groups -OCH3 is 2. The molecule has 0 radical (unpaired) electrons. The van der Waals surface area contributed by atoms with Gasteiger partial charge in [-0.15, -0.1) is 0 Å². The third kappa shape index (κ3) is 5.05. The minimum absolute atomic E-state index is 0.203. The first kappa shape index (κ1) is 24.9. The highest BCUT2D eigenvalue weighted by atomic mass is 16.5. The van der Waals surface area contributed by atoms with Gasteiger partial charge in [0.05, 0.1) is 25.3 Å². The van der Waals surface area contributed by atoms with Gasteiger partial charge >= 0.3 is 5.97 Å². The molecule has 0 unspecified atom stereocenters. The van der Waals surface area contributed by atoms with Crippen LogP contribution in [0, 0.1) is 6.92 Å². The highest BCUT2D eigenvalue weighted by Gasteiger charge is 2.30. The molecule has 0 fully saturated rings. The van der Waals surface area contributed by atoms with Crippen LogP contribution in [0.2, 0.25) is 0 Å². The Bertz CT molecular complexity index is 1300. The first-order valence-electron chi connectivity index (χ1n) is 11.8. The number of carbonyl (C=O) groups excluding carboxylic acids is 2. The van der Waals surface area contributed by atoms with Gasteiger partial charge in [-0.2, -0.15) is 0 Å². The van der Waals surface area contributed by atoms with Crippen molar-refractivity contribution in [2.24, 2.45) is 0 Å². The summed E-state index contributed by atoms with van der Waals surface area (Å²) >= 11 is 0. The van der Waals surface area contributed by atoms with Crippen molar-refractivity contribution in [1.82, 2.24) is 0 Å². The van der Waals surface area contributed by atoms with Crippen molar-refractivity contribution in [2.75, 3.05) is 32.2 Å². The van der Waals surface area contributed by atoms with Gasteiger partial charge in [0.15, 0.2) is 5.76 Å². The Kier molecular flexibility index (Phi) is 7.29. The molecule has 0 saturated heterocycles. The third-order valence-electron chi connectivity index (χ3n) is 6.06. The zero-order valence-electron chi connectivity index (χ0n) is 21.1. The summed E-state index contributed by atoms with van der Waals surface area (Å²) in [5, 5.41) is 0. The highest BCUT2D eigenvalue weighted by Crippen LogP contribution is 2.38. The van der Waals surface area contributed by atoms with Crippen LogP contribution in [0.5, 0.6) is 23.0 Å². The molecule has 3 aromatic rings. The molecule has 0 aliphatic carbocycles. The van der Waals surface area contributed by atoms with Crippen LogP contribution < -0.4 is 23.8 Å². The topological polar surface area (TPSA) is 74.3 Å². The van der Waals surface area contributed by atoms with Crippen LogP contribution in [0.4, 0.5) is 5.69 Å². The molecule has 3 aromatic carbocycles. The molecule has 0 amide bonds. The van der Waals surface area contributed by atoms with Crippen molar-refractivity contribution in [2.45, 2.75) is 20.8 Å². The molecule has 7 heteroatoms. The largest absolute Gasteiger partial charge is 0.497 e. The molecule has 0 spiro atoms. The number of benzene rings is 3. The maximum absolute atomic E-state index is 13.0. The lowest BCUT2D eigenvalue weighted by atomic mass is 10.0. The second-order valence-corrected chi connectivity index (χ2v) is 8.31. The summed E-state index contributed by atoms with van der Waals surface area (Å²) in [5.41, 5.74) is 3.38. The number of nitrogens with zero attached hydrogens (tertiary/aromatic N) is 1. The lowest BCUT2D eigenvalue weighted by Gasteiger charge is -2.20. The Morgan fingerprint density at radius 2 is 1.56 bits per heavy atom. The van der Waals surface area contributed by atoms with E-state index < -0.39 is 5.97 Å². The fraction of sp³-hybridized carbons (Fsp3) is 0.241. The number of hydrogen-bond donors (Lipinski definition) is 0. The Morgan fingerprint density at radius 3 is 2.14 bits per heavy atom. The zero-order valence-corrected chi connectivity index (χ0v) is 21.1. The third-order valence-corrected chi connectivity index (χ3v) is 6.06. The molecule has 0 atom stereocenters. The number of carbonyl (C=O) groups is 2. The van der Waals surface area contributed by atoms with Crippen LogP contribution in [0.15, 0.2) is 60.4 Å². The lowest BCUT2D eigenvalue weighted by molar-refractivity contribution is 0.0733. The number of rotatable bonds is 8. The van der Waals surface area contributed by atoms with E-state index in [2.05, 4.69) is 18.7 Å². The average molecular weight is 488 g/mol.